The van der Waals surface area contributed by atoms with Crippen molar-refractivity contribution in [1.29, 1.82) is 0 Å². The van der Waals surface area contributed by atoms with Gasteiger partial charge in [0.25, 0.3) is 5.91 Å². The molecule has 4 rings (SSSR count). The zero-order chi connectivity index (χ0) is 33.3. The van der Waals surface area contributed by atoms with Gasteiger partial charge >= 0.3 is 0 Å². The van der Waals surface area contributed by atoms with Crippen molar-refractivity contribution in [3.63, 3.8) is 0 Å². The van der Waals surface area contributed by atoms with Gasteiger partial charge in [-0.05, 0) is 67.4 Å². The lowest BCUT2D eigenvalue weighted by molar-refractivity contribution is 0.0136. The van der Waals surface area contributed by atoms with Gasteiger partial charge in [-0.25, -0.2) is 18.4 Å². The molecule has 0 fully saturated rings. The van der Waals surface area contributed by atoms with E-state index < -0.39 is 14.8 Å². The van der Waals surface area contributed by atoms with Crippen molar-refractivity contribution in [3.05, 3.63) is 113 Å². The minimum atomic E-state index is -3.93. The van der Waals surface area contributed by atoms with E-state index in [1.165, 1.54) is 17.8 Å². The molecule has 2 aromatic heterocycles. The number of rotatable bonds is 17. The fraction of sp³-hybridized carbons (Fsp3) is 0.382. The number of nitrogens with zero attached hydrogens (tertiary/aromatic N) is 4. The predicted octanol–water partition coefficient (Wildman–Crippen LogP) is 4.72. The van der Waals surface area contributed by atoms with Crippen molar-refractivity contribution >= 4 is 21.4 Å². The predicted molar refractivity (Wildman–Crippen MR) is 182 cm³/mol. The quantitative estimate of drug-likeness (QED) is 0.0950. The summed E-state index contributed by atoms with van der Waals surface area (Å²) in [5.41, 5.74) is 11.6. The minimum Gasteiger partial charge on any atom is -0.348 e. The number of hydrogen-bond acceptors (Lipinski definition) is 8. The van der Waals surface area contributed by atoms with Gasteiger partial charge in [0.2, 0.25) is 4.99 Å². The van der Waals surface area contributed by atoms with Gasteiger partial charge in [0.05, 0.1) is 12.3 Å². The lowest BCUT2D eigenvalue weighted by atomic mass is 9.92. The fourth-order valence-corrected chi connectivity index (χ4v) is 8.17. The molecule has 0 saturated heterocycles. The number of nitrogens with one attached hydrogen (secondary N) is 3. The van der Waals surface area contributed by atoms with Gasteiger partial charge in [0, 0.05) is 49.1 Å². The summed E-state index contributed by atoms with van der Waals surface area (Å²) in [4.78, 5) is 30.2. The first-order valence-electron chi connectivity index (χ1n) is 15.6. The van der Waals surface area contributed by atoms with Crippen LogP contribution in [0, 0.1) is 0 Å². The van der Waals surface area contributed by atoms with E-state index in [1.807, 2.05) is 29.2 Å². The van der Waals surface area contributed by atoms with Crippen molar-refractivity contribution in [3.8, 4) is 0 Å². The number of aromatic nitrogens is 4. The summed E-state index contributed by atoms with van der Waals surface area (Å²) in [6.45, 7) is 8.82. The molecule has 2 aromatic carbocycles. The summed E-state index contributed by atoms with van der Waals surface area (Å²) in [6, 6.07) is 11.2. The van der Waals surface area contributed by atoms with Crippen LogP contribution >= 0.6 is 0 Å². The number of carbonyl (C=O) groups is 1. The summed E-state index contributed by atoms with van der Waals surface area (Å²) >= 11 is 0. The van der Waals surface area contributed by atoms with Gasteiger partial charge in [-0.3, -0.25) is 14.6 Å². The molecule has 0 spiro atoms. The van der Waals surface area contributed by atoms with Gasteiger partial charge in [-0.15, -0.1) is 6.58 Å². The van der Waals surface area contributed by atoms with Crippen LogP contribution in [0.1, 0.15) is 70.9 Å². The number of carbonyl (C=O) groups excluding carboxylic acids is 1. The number of imidazole rings is 2. The Morgan fingerprint density at radius 2 is 1.65 bits per heavy atom. The van der Waals surface area contributed by atoms with Gasteiger partial charge in [-0.1, -0.05) is 51.0 Å². The summed E-state index contributed by atoms with van der Waals surface area (Å²) < 4.78 is 28.3. The molecule has 0 aliphatic rings. The van der Waals surface area contributed by atoms with Crippen LogP contribution in [0.3, 0.4) is 0 Å². The van der Waals surface area contributed by atoms with Crippen LogP contribution in [0.25, 0.3) is 0 Å². The second kappa shape index (κ2) is 15.5. The summed E-state index contributed by atoms with van der Waals surface area (Å²) in [7, 11) is -0.505. The molecule has 0 bridgehead atoms. The zero-order valence-electron chi connectivity index (χ0n) is 27.2. The molecule has 5 N–H and O–H groups in total. The highest BCUT2D eigenvalue weighted by molar-refractivity contribution is 7.92. The Morgan fingerprint density at radius 3 is 2.22 bits per heavy atom. The summed E-state index contributed by atoms with van der Waals surface area (Å²) in [5.74, 6) is 0.360. The Morgan fingerprint density at radius 1 is 0.978 bits per heavy atom. The van der Waals surface area contributed by atoms with E-state index in [9.17, 15) is 13.2 Å². The van der Waals surface area contributed by atoms with Crippen LogP contribution in [0.5, 0.6) is 0 Å². The number of amides is 1. The number of aromatic amines is 2. The van der Waals surface area contributed by atoms with Crippen LogP contribution in [-0.4, -0.2) is 63.9 Å². The highest BCUT2D eigenvalue weighted by Crippen LogP contribution is 2.38. The van der Waals surface area contributed by atoms with E-state index in [1.54, 1.807) is 49.7 Å². The molecule has 0 aliphatic heterocycles. The Hall–Kier alpha value is -4.10. The van der Waals surface area contributed by atoms with Crippen molar-refractivity contribution in [2.45, 2.75) is 64.2 Å². The molecule has 1 atom stereocenters. The molecule has 0 radical (unpaired) electrons. The lowest BCUT2D eigenvalue weighted by Gasteiger charge is -2.45. The Balaban J connectivity index is 1.69. The van der Waals surface area contributed by atoms with Crippen LogP contribution in [0.4, 0.5) is 5.69 Å². The average molecular weight is 647 g/mol. The Kier molecular flexibility index (Phi) is 11.7. The largest absolute Gasteiger partial charge is 0.348 e. The number of sulfone groups is 1. The van der Waals surface area contributed by atoms with Crippen molar-refractivity contribution in [1.82, 2.24) is 29.7 Å². The Bertz CT molecular complexity index is 1680. The zero-order valence-corrected chi connectivity index (χ0v) is 28.0. The molecule has 4 aromatic rings. The molecule has 46 heavy (non-hydrogen) atoms. The first-order chi connectivity index (χ1) is 22.1. The van der Waals surface area contributed by atoms with Gasteiger partial charge < -0.3 is 21.0 Å². The third-order valence-electron chi connectivity index (χ3n) is 8.09. The normalized spacial score (nSPS) is 13.2. The van der Waals surface area contributed by atoms with Crippen molar-refractivity contribution < 1.29 is 13.2 Å². The van der Waals surface area contributed by atoms with E-state index in [-0.39, 0.29) is 30.6 Å². The molecule has 2 heterocycles. The maximum Gasteiger partial charge on any atom is 0.255 e. The first kappa shape index (κ1) is 34.8. The number of nitrogens with two attached hydrogens (primary N) is 1. The average Bonchev–Trinajstić information content (AvgIpc) is 3.75. The van der Waals surface area contributed by atoms with Gasteiger partial charge in [0.15, 0.2) is 15.7 Å². The van der Waals surface area contributed by atoms with E-state index in [2.05, 4.69) is 45.7 Å². The Labute approximate surface area is 272 Å². The lowest BCUT2D eigenvalue weighted by Crippen LogP contribution is -2.61. The van der Waals surface area contributed by atoms with Gasteiger partial charge in [0.1, 0.15) is 5.82 Å². The monoisotopic (exact) mass is 646 g/mol. The maximum atomic E-state index is 14.1. The smallest absolute Gasteiger partial charge is 0.255 e. The summed E-state index contributed by atoms with van der Waals surface area (Å²) in [6.07, 6.45) is 11.6. The summed E-state index contributed by atoms with van der Waals surface area (Å²) in [5, 5.41) is 3.13. The standard InChI is InChI=1S/C34H46N8O3S/c1-6-9-28-27(22-35)15-16-30(29(28)10-7-2)40-32(43)26-13-11-25(12-14-26)23-42(24-31-36-17-18-37-31)34(41(4)5,33-38-19-20-39-33)46(44,45)21-8-3/h8,11-20H,3,6-7,9-10,21-24,35H2,1-2,4-5H3,(H,36,37)(H,38,39)(H,40,43). The number of anilines is 1. The van der Waals surface area contributed by atoms with E-state index in [4.69, 9.17) is 5.73 Å². The molecular formula is C34H46N8O3S. The maximum absolute atomic E-state index is 14.1. The highest BCUT2D eigenvalue weighted by Gasteiger charge is 2.54. The molecule has 11 nitrogen and oxygen atoms in total. The molecule has 12 heteroatoms. The number of benzene rings is 2. The second-order valence-electron chi connectivity index (χ2n) is 11.5. The van der Waals surface area contributed by atoms with E-state index >= 15 is 0 Å². The number of hydrogen-bond donors (Lipinski definition) is 4. The molecule has 246 valence electrons. The third-order valence-corrected chi connectivity index (χ3v) is 10.5. The molecule has 0 saturated carbocycles. The van der Waals surface area contributed by atoms with Crippen LogP contribution in [0.15, 0.2) is 73.8 Å². The fourth-order valence-electron chi connectivity index (χ4n) is 6.14. The van der Waals surface area contributed by atoms with E-state index in [0.717, 1.165) is 48.1 Å². The third kappa shape index (κ3) is 7.15. The first-order valence-corrected chi connectivity index (χ1v) is 17.3. The van der Waals surface area contributed by atoms with Gasteiger partial charge in [-0.2, -0.15) is 0 Å². The van der Waals surface area contributed by atoms with Crippen LogP contribution in [0.2, 0.25) is 0 Å². The highest BCUT2D eigenvalue weighted by atomic mass is 32.2. The van der Waals surface area contributed by atoms with Crippen LogP contribution < -0.4 is 11.1 Å². The van der Waals surface area contributed by atoms with Crippen molar-refractivity contribution in [2.24, 2.45) is 5.73 Å². The molecule has 1 unspecified atom stereocenters. The minimum absolute atomic E-state index is 0.170. The molecule has 1 amide bonds. The second-order valence-corrected chi connectivity index (χ2v) is 13.6. The van der Waals surface area contributed by atoms with E-state index in [0.29, 0.717) is 17.9 Å². The molecular weight excluding hydrogens is 600 g/mol. The SMILES string of the molecule is C=CCS(=O)(=O)C(c1ncc[nH]1)(N(C)C)N(Cc1ccc(C(=O)Nc2ccc(CN)c(CCC)c2CCC)cc1)Cc1ncc[nH]1. The van der Waals surface area contributed by atoms with Crippen LogP contribution in [-0.2, 0) is 47.3 Å². The molecule has 0 aliphatic carbocycles. The van der Waals surface area contributed by atoms with Crippen molar-refractivity contribution in [2.75, 3.05) is 25.2 Å². The number of H-pyrrole nitrogens is 2. The topological polar surface area (TPSA) is 153 Å².